The van der Waals surface area contributed by atoms with Crippen molar-refractivity contribution in [1.82, 2.24) is 5.48 Å². The van der Waals surface area contributed by atoms with E-state index in [2.05, 4.69) is 10.3 Å². The topological polar surface area (TPSA) is 64.4 Å². The van der Waals surface area contributed by atoms with Crippen LogP contribution in [0.1, 0.15) is 0 Å². The van der Waals surface area contributed by atoms with Crippen LogP contribution in [0.2, 0.25) is 0 Å². The number of hydrogen-bond donors (Lipinski definition) is 2. The lowest BCUT2D eigenvalue weighted by Gasteiger charge is -1.95. The Kier molecular flexibility index (Phi) is 1.96. The fourth-order valence-electron chi connectivity index (χ4n) is 0.443. The van der Waals surface area contributed by atoms with Crippen molar-refractivity contribution >= 4 is 17.0 Å². The first-order valence-corrected chi connectivity index (χ1v) is 3.16. The van der Waals surface area contributed by atoms with Crippen LogP contribution in [0.4, 0.5) is 4.79 Å². The molecule has 0 spiro atoms. The molecule has 0 saturated heterocycles. The molecule has 1 heterocycles. The summed E-state index contributed by atoms with van der Waals surface area (Å²) in [5.74, 6) is 0. The van der Waals surface area contributed by atoms with Crippen LogP contribution in [0.3, 0.4) is 0 Å². The van der Waals surface area contributed by atoms with Crippen molar-refractivity contribution in [2.45, 2.75) is 0 Å². The number of carbonyl (C=O) groups is 1. The number of primary amides is 1. The van der Waals surface area contributed by atoms with Crippen LogP contribution in [0.25, 0.3) is 0 Å². The second-order valence-electron chi connectivity index (χ2n) is 1.40. The Balaban J connectivity index is 2.35. The van der Waals surface area contributed by atoms with Crippen molar-refractivity contribution in [1.29, 1.82) is 0 Å². The van der Waals surface area contributed by atoms with Crippen LogP contribution in [-0.2, 0) is 4.84 Å². The van der Waals surface area contributed by atoms with E-state index in [1.807, 2.05) is 0 Å². The van der Waals surface area contributed by atoms with Gasteiger partial charge in [0.05, 0.1) is 6.61 Å². The minimum absolute atomic E-state index is 0.431. The van der Waals surface area contributed by atoms with Crippen LogP contribution in [0.5, 0.6) is 0 Å². The lowest BCUT2D eigenvalue weighted by atomic mass is 10.7. The van der Waals surface area contributed by atoms with E-state index in [0.717, 1.165) is 11.8 Å². The van der Waals surface area contributed by atoms with E-state index in [0.29, 0.717) is 11.6 Å². The molecule has 1 rings (SSSR count). The maximum absolute atomic E-state index is 10.2. The fraction of sp³-hybridized carbons (Fsp3) is 0.250. The summed E-state index contributed by atoms with van der Waals surface area (Å²) in [6, 6.07) is 0. The Morgan fingerprint density at radius 1 is 2.00 bits per heavy atom. The number of hydroxylamine groups is 1. The molecule has 0 aromatic heterocycles. The van der Waals surface area contributed by atoms with Crippen molar-refractivity contribution in [3.8, 4) is 0 Å². The molecule has 4 nitrogen and oxygen atoms in total. The predicted molar refractivity (Wildman–Crippen MR) is 34.3 cm³/mol. The van der Waals surface area contributed by atoms with E-state index in [4.69, 9.17) is 5.73 Å². The van der Waals surface area contributed by atoms with Gasteiger partial charge >= 0.3 is 0 Å². The molecule has 0 bridgehead atoms. The van der Waals surface area contributed by atoms with Gasteiger partial charge in [-0.25, -0.2) is 0 Å². The van der Waals surface area contributed by atoms with E-state index in [9.17, 15) is 4.79 Å². The minimum Gasteiger partial charge on any atom is -0.360 e. The Labute approximate surface area is 56.4 Å². The zero-order valence-electron chi connectivity index (χ0n) is 4.59. The first kappa shape index (κ1) is 6.44. The third-order valence-corrected chi connectivity index (χ3v) is 1.41. The van der Waals surface area contributed by atoms with Gasteiger partial charge in [0.1, 0.15) is 5.03 Å². The number of amides is 1. The molecule has 1 aliphatic rings. The SMILES string of the molecule is NC(=O)SC1=CCON1. The molecule has 0 fully saturated rings. The molecule has 9 heavy (non-hydrogen) atoms. The summed E-state index contributed by atoms with van der Waals surface area (Å²) in [5, 5.41) is 0.238. The quantitative estimate of drug-likeness (QED) is 0.553. The lowest BCUT2D eigenvalue weighted by Crippen LogP contribution is -2.09. The Morgan fingerprint density at radius 2 is 2.78 bits per heavy atom. The molecular weight excluding hydrogens is 140 g/mol. The Morgan fingerprint density at radius 3 is 3.22 bits per heavy atom. The van der Waals surface area contributed by atoms with Crippen molar-refractivity contribution in [2.75, 3.05) is 6.61 Å². The first-order chi connectivity index (χ1) is 4.29. The highest BCUT2D eigenvalue weighted by Crippen LogP contribution is 2.14. The molecule has 0 aromatic carbocycles. The summed E-state index contributed by atoms with van der Waals surface area (Å²) in [6.07, 6.45) is 1.75. The summed E-state index contributed by atoms with van der Waals surface area (Å²) in [6.45, 7) is 0.496. The molecule has 1 amide bonds. The number of hydrogen-bond acceptors (Lipinski definition) is 4. The van der Waals surface area contributed by atoms with Crippen LogP contribution in [-0.4, -0.2) is 11.8 Å². The highest BCUT2D eigenvalue weighted by molar-refractivity contribution is 8.16. The average molecular weight is 146 g/mol. The largest absolute Gasteiger partial charge is 0.360 e. The van der Waals surface area contributed by atoms with Gasteiger partial charge in [-0.1, -0.05) is 0 Å². The zero-order chi connectivity index (χ0) is 6.69. The Hall–Kier alpha value is -0.680. The standard InChI is InChI=1S/C4H6N2O2S/c5-4(7)9-3-1-2-8-6-3/h1,6H,2H2,(H2,5,7). The molecule has 0 saturated carbocycles. The number of nitrogens with two attached hydrogens (primary N) is 1. The molecular formula is C4H6N2O2S. The Bertz CT molecular complexity index is 157. The summed E-state index contributed by atoms with van der Waals surface area (Å²) in [4.78, 5) is 14.9. The molecule has 0 atom stereocenters. The van der Waals surface area contributed by atoms with Gasteiger partial charge < -0.3 is 5.73 Å². The monoisotopic (exact) mass is 146 g/mol. The van der Waals surface area contributed by atoms with Crippen LogP contribution in [0.15, 0.2) is 11.1 Å². The number of thioether (sulfide) groups is 1. The minimum atomic E-state index is -0.431. The number of rotatable bonds is 1. The predicted octanol–water partition coefficient (Wildman–Crippen LogP) is 0.175. The number of nitrogens with one attached hydrogen (secondary N) is 1. The van der Waals surface area contributed by atoms with Crippen molar-refractivity contribution < 1.29 is 9.63 Å². The van der Waals surface area contributed by atoms with E-state index in [1.54, 1.807) is 6.08 Å². The highest BCUT2D eigenvalue weighted by atomic mass is 32.2. The maximum Gasteiger partial charge on any atom is 0.282 e. The van der Waals surface area contributed by atoms with Gasteiger partial charge in [0.2, 0.25) is 0 Å². The molecule has 5 heteroatoms. The lowest BCUT2D eigenvalue weighted by molar-refractivity contribution is 0.113. The molecule has 0 aromatic rings. The molecule has 3 N–H and O–H groups in total. The van der Waals surface area contributed by atoms with Crippen LogP contribution >= 0.6 is 11.8 Å². The second kappa shape index (κ2) is 2.75. The van der Waals surface area contributed by atoms with Gasteiger partial charge in [0.15, 0.2) is 0 Å². The van der Waals surface area contributed by atoms with E-state index in [-0.39, 0.29) is 0 Å². The molecule has 0 radical (unpaired) electrons. The van der Waals surface area contributed by atoms with E-state index < -0.39 is 5.24 Å². The van der Waals surface area contributed by atoms with Gasteiger partial charge in [-0.15, -0.1) is 0 Å². The van der Waals surface area contributed by atoms with Gasteiger partial charge in [-0.2, -0.15) is 0 Å². The molecule has 50 valence electrons. The van der Waals surface area contributed by atoms with E-state index >= 15 is 0 Å². The van der Waals surface area contributed by atoms with Crippen molar-refractivity contribution in [3.63, 3.8) is 0 Å². The van der Waals surface area contributed by atoms with Crippen LogP contribution < -0.4 is 11.2 Å². The fourth-order valence-corrected chi connectivity index (χ4v) is 0.911. The summed E-state index contributed by atoms with van der Waals surface area (Å²) >= 11 is 0.926. The van der Waals surface area contributed by atoms with Gasteiger partial charge in [-0.3, -0.25) is 15.1 Å². The second-order valence-corrected chi connectivity index (χ2v) is 2.45. The summed E-state index contributed by atoms with van der Waals surface area (Å²) < 4.78 is 0. The zero-order valence-corrected chi connectivity index (χ0v) is 5.40. The molecule has 0 unspecified atom stereocenters. The average Bonchev–Trinajstić information content (AvgIpc) is 2.15. The van der Waals surface area contributed by atoms with Crippen molar-refractivity contribution in [2.24, 2.45) is 5.73 Å². The van der Waals surface area contributed by atoms with Crippen molar-refractivity contribution in [3.05, 3.63) is 11.1 Å². The van der Waals surface area contributed by atoms with Crippen LogP contribution in [0, 0.1) is 0 Å². The third kappa shape index (κ3) is 1.95. The first-order valence-electron chi connectivity index (χ1n) is 2.34. The number of carbonyl (C=O) groups excluding carboxylic acids is 1. The van der Waals surface area contributed by atoms with E-state index in [1.165, 1.54) is 0 Å². The molecule has 1 aliphatic heterocycles. The van der Waals surface area contributed by atoms with Gasteiger partial charge in [0, 0.05) is 0 Å². The summed E-state index contributed by atoms with van der Waals surface area (Å²) in [5.41, 5.74) is 7.37. The smallest absolute Gasteiger partial charge is 0.282 e. The highest BCUT2D eigenvalue weighted by Gasteiger charge is 2.06. The van der Waals surface area contributed by atoms with Gasteiger partial charge in [0.25, 0.3) is 5.24 Å². The molecule has 0 aliphatic carbocycles. The summed E-state index contributed by atoms with van der Waals surface area (Å²) in [7, 11) is 0. The van der Waals surface area contributed by atoms with Gasteiger partial charge in [-0.05, 0) is 17.8 Å². The normalized spacial score (nSPS) is 16.7. The third-order valence-electron chi connectivity index (χ3n) is 0.735. The maximum atomic E-state index is 10.2.